The Morgan fingerprint density at radius 1 is 1.14 bits per heavy atom. The summed E-state index contributed by atoms with van der Waals surface area (Å²) < 4.78 is 4.83. The van der Waals surface area contributed by atoms with Gasteiger partial charge in [0, 0.05) is 18.7 Å². The Bertz CT molecular complexity index is 788. The van der Waals surface area contributed by atoms with E-state index in [4.69, 9.17) is 4.74 Å². The number of anilines is 1. The van der Waals surface area contributed by atoms with Gasteiger partial charge in [-0.2, -0.15) is 0 Å². The van der Waals surface area contributed by atoms with Crippen LogP contribution in [-0.4, -0.2) is 21.8 Å². The summed E-state index contributed by atoms with van der Waals surface area (Å²) >= 11 is 0. The summed E-state index contributed by atoms with van der Waals surface area (Å²) in [6.07, 6.45) is 1.10. The Hall–Kier alpha value is -3.16. The van der Waals surface area contributed by atoms with Crippen molar-refractivity contribution in [1.82, 2.24) is 9.97 Å². The maximum atomic E-state index is 11.9. The summed E-state index contributed by atoms with van der Waals surface area (Å²) in [5, 5.41) is 2.35. The van der Waals surface area contributed by atoms with Crippen LogP contribution in [0, 0.1) is 0 Å². The van der Waals surface area contributed by atoms with E-state index in [-0.39, 0.29) is 11.3 Å². The number of carbonyl (C=O) groups is 2. The molecule has 21 heavy (non-hydrogen) atoms. The minimum absolute atomic E-state index is 0.0799. The topological polar surface area (TPSA) is 121 Å². The summed E-state index contributed by atoms with van der Waals surface area (Å²) in [5.41, 5.74) is -1.19. The van der Waals surface area contributed by atoms with E-state index in [1.165, 1.54) is 31.2 Å². The van der Waals surface area contributed by atoms with Crippen molar-refractivity contribution in [3.8, 4) is 5.75 Å². The molecule has 0 aliphatic rings. The van der Waals surface area contributed by atoms with Crippen LogP contribution in [0.3, 0.4) is 0 Å². The van der Waals surface area contributed by atoms with Crippen molar-refractivity contribution in [1.29, 1.82) is 0 Å². The van der Waals surface area contributed by atoms with Crippen LogP contribution >= 0.6 is 0 Å². The number of hydrogen-bond acceptors (Lipinski definition) is 5. The molecule has 0 aliphatic carbocycles. The molecule has 2 aromatic rings. The molecular weight excluding hydrogens is 278 g/mol. The Balaban J connectivity index is 2.15. The molecule has 0 aliphatic heterocycles. The zero-order chi connectivity index (χ0) is 15.4. The van der Waals surface area contributed by atoms with E-state index in [0.717, 1.165) is 6.20 Å². The highest BCUT2D eigenvalue weighted by Crippen LogP contribution is 2.13. The summed E-state index contributed by atoms with van der Waals surface area (Å²) in [6, 6.07) is 5.78. The van der Waals surface area contributed by atoms with Crippen LogP contribution in [0.5, 0.6) is 5.75 Å². The fourth-order valence-corrected chi connectivity index (χ4v) is 1.54. The Morgan fingerprint density at radius 2 is 1.81 bits per heavy atom. The Kier molecular flexibility index (Phi) is 3.98. The number of aromatic amines is 2. The van der Waals surface area contributed by atoms with Crippen LogP contribution in [0.4, 0.5) is 5.69 Å². The molecule has 0 spiro atoms. The summed E-state index contributed by atoms with van der Waals surface area (Å²) in [4.78, 5) is 49.2. The number of amides is 1. The van der Waals surface area contributed by atoms with Crippen molar-refractivity contribution >= 4 is 17.6 Å². The largest absolute Gasteiger partial charge is 0.427 e. The van der Waals surface area contributed by atoms with Gasteiger partial charge in [-0.15, -0.1) is 0 Å². The molecular formula is C13H11N3O5. The highest BCUT2D eigenvalue weighted by atomic mass is 16.5. The Morgan fingerprint density at radius 3 is 2.38 bits per heavy atom. The van der Waals surface area contributed by atoms with Gasteiger partial charge >= 0.3 is 11.7 Å². The van der Waals surface area contributed by atoms with Gasteiger partial charge in [0.2, 0.25) is 0 Å². The fourth-order valence-electron chi connectivity index (χ4n) is 1.54. The highest BCUT2D eigenvalue weighted by Gasteiger charge is 2.09. The first-order valence-electron chi connectivity index (χ1n) is 5.87. The molecule has 0 unspecified atom stereocenters. The van der Waals surface area contributed by atoms with Gasteiger partial charge in [0.1, 0.15) is 11.4 Å². The van der Waals surface area contributed by atoms with Gasteiger partial charge in [0.15, 0.2) is 0 Å². The number of rotatable bonds is 3. The number of esters is 1. The SMILES string of the molecule is CC(=O)Oc1ccc(C(=O)Nc2c[nH]c(=O)[nH]c2=O)cc1. The molecule has 0 bridgehead atoms. The molecule has 108 valence electrons. The number of nitrogens with one attached hydrogen (secondary N) is 3. The normalized spacial score (nSPS) is 9.95. The second-order valence-corrected chi connectivity index (χ2v) is 4.06. The quantitative estimate of drug-likeness (QED) is 0.552. The van der Waals surface area contributed by atoms with Crippen LogP contribution in [0.2, 0.25) is 0 Å². The van der Waals surface area contributed by atoms with Crippen LogP contribution in [-0.2, 0) is 4.79 Å². The van der Waals surface area contributed by atoms with Gasteiger partial charge < -0.3 is 15.0 Å². The van der Waals surface area contributed by atoms with Crippen molar-refractivity contribution in [2.75, 3.05) is 5.32 Å². The average molecular weight is 289 g/mol. The molecule has 0 radical (unpaired) electrons. The maximum Gasteiger partial charge on any atom is 0.325 e. The fraction of sp³-hybridized carbons (Fsp3) is 0.0769. The van der Waals surface area contributed by atoms with E-state index >= 15 is 0 Å². The first-order valence-corrected chi connectivity index (χ1v) is 5.87. The van der Waals surface area contributed by atoms with Crippen molar-refractivity contribution in [2.24, 2.45) is 0 Å². The van der Waals surface area contributed by atoms with E-state index in [2.05, 4.69) is 10.3 Å². The zero-order valence-electron chi connectivity index (χ0n) is 10.9. The number of ether oxygens (including phenoxy) is 1. The third kappa shape index (κ3) is 3.66. The van der Waals surface area contributed by atoms with Gasteiger partial charge in [-0.05, 0) is 24.3 Å². The Labute approximate surface area is 117 Å². The van der Waals surface area contributed by atoms with Crippen LogP contribution < -0.4 is 21.3 Å². The van der Waals surface area contributed by atoms with Crippen LogP contribution in [0.1, 0.15) is 17.3 Å². The maximum absolute atomic E-state index is 11.9. The zero-order valence-corrected chi connectivity index (χ0v) is 10.9. The summed E-state index contributed by atoms with van der Waals surface area (Å²) in [7, 11) is 0. The third-order valence-corrected chi connectivity index (χ3v) is 2.45. The second kappa shape index (κ2) is 5.87. The van der Waals surface area contributed by atoms with E-state index in [0.29, 0.717) is 5.75 Å². The smallest absolute Gasteiger partial charge is 0.325 e. The summed E-state index contributed by atoms with van der Waals surface area (Å²) in [5.74, 6) is -0.699. The van der Waals surface area contributed by atoms with Gasteiger partial charge in [0.05, 0.1) is 0 Å². The van der Waals surface area contributed by atoms with E-state index < -0.39 is 23.1 Å². The number of aromatic nitrogens is 2. The highest BCUT2D eigenvalue weighted by molar-refractivity contribution is 6.04. The molecule has 0 saturated carbocycles. The van der Waals surface area contributed by atoms with Crippen LogP contribution in [0.25, 0.3) is 0 Å². The first kappa shape index (κ1) is 14.3. The molecule has 1 heterocycles. The second-order valence-electron chi connectivity index (χ2n) is 4.06. The van der Waals surface area contributed by atoms with Crippen LogP contribution in [0.15, 0.2) is 40.1 Å². The first-order chi connectivity index (χ1) is 9.95. The van der Waals surface area contributed by atoms with Gasteiger partial charge in [-0.3, -0.25) is 19.4 Å². The monoisotopic (exact) mass is 289 g/mol. The molecule has 8 nitrogen and oxygen atoms in total. The number of benzene rings is 1. The summed E-state index contributed by atoms with van der Waals surface area (Å²) in [6.45, 7) is 1.27. The van der Waals surface area contributed by atoms with Gasteiger partial charge in [-0.25, -0.2) is 4.79 Å². The number of hydrogen-bond donors (Lipinski definition) is 3. The molecule has 1 aromatic heterocycles. The van der Waals surface area contributed by atoms with E-state index in [1.54, 1.807) is 0 Å². The molecule has 0 atom stereocenters. The predicted octanol–water partition coefficient (Wildman–Crippen LogP) is 0.241. The minimum atomic E-state index is -0.705. The average Bonchev–Trinajstić information content (AvgIpc) is 2.42. The molecule has 3 N–H and O–H groups in total. The molecule has 1 amide bonds. The van der Waals surface area contributed by atoms with Gasteiger partial charge in [-0.1, -0.05) is 0 Å². The number of H-pyrrole nitrogens is 2. The van der Waals surface area contributed by atoms with E-state index in [9.17, 15) is 19.2 Å². The molecule has 2 rings (SSSR count). The molecule has 1 aromatic carbocycles. The van der Waals surface area contributed by atoms with Crippen molar-refractivity contribution in [3.05, 3.63) is 56.9 Å². The molecule has 8 heteroatoms. The van der Waals surface area contributed by atoms with Crippen molar-refractivity contribution in [3.63, 3.8) is 0 Å². The lowest BCUT2D eigenvalue weighted by Gasteiger charge is -2.05. The lowest BCUT2D eigenvalue weighted by Crippen LogP contribution is -2.26. The van der Waals surface area contributed by atoms with E-state index in [1.807, 2.05) is 4.98 Å². The molecule has 0 saturated heterocycles. The number of carbonyl (C=O) groups excluding carboxylic acids is 2. The minimum Gasteiger partial charge on any atom is -0.427 e. The van der Waals surface area contributed by atoms with Gasteiger partial charge in [0.25, 0.3) is 11.5 Å². The molecule has 0 fully saturated rings. The lowest BCUT2D eigenvalue weighted by atomic mass is 10.2. The van der Waals surface area contributed by atoms with Crippen molar-refractivity contribution in [2.45, 2.75) is 6.92 Å². The standard InChI is InChI=1S/C13H11N3O5/c1-7(17)21-9-4-2-8(3-5-9)11(18)15-10-6-14-13(20)16-12(10)19/h2-6H,1H3,(H,15,18)(H2,14,16,19,20). The van der Waals surface area contributed by atoms with Crippen molar-refractivity contribution < 1.29 is 14.3 Å². The predicted molar refractivity (Wildman–Crippen MR) is 73.4 cm³/mol. The third-order valence-electron chi connectivity index (χ3n) is 2.45. The lowest BCUT2D eigenvalue weighted by molar-refractivity contribution is -0.131.